The number of hydrogen-bond acceptors (Lipinski definition) is 5. The van der Waals surface area contributed by atoms with Crippen LogP contribution in [-0.2, 0) is 6.54 Å². The van der Waals surface area contributed by atoms with Crippen molar-refractivity contribution in [3.05, 3.63) is 64.2 Å². The van der Waals surface area contributed by atoms with Crippen LogP contribution in [0.2, 0.25) is 0 Å². The Kier molecular flexibility index (Phi) is 4.81. The number of aromatic nitrogens is 3. The molecule has 2 aromatic heterocycles. The van der Waals surface area contributed by atoms with Crippen LogP contribution >= 0.6 is 0 Å². The summed E-state index contributed by atoms with van der Waals surface area (Å²) in [5.74, 6) is -0.304. The molecule has 0 unspecified atom stereocenters. The molecule has 0 atom stereocenters. The molecule has 1 amide bonds. The molecule has 0 radical (unpaired) electrons. The van der Waals surface area contributed by atoms with Gasteiger partial charge in [-0.2, -0.15) is 0 Å². The van der Waals surface area contributed by atoms with Gasteiger partial charge in [-0.15, -0.1) is 0 Å². The number of fused-ring (bicyclic) bond motifs is 1. The lowest BCUT2D eigenvalue weighted by Crippen LogP contribution is -2.50. The monoisotopic (exact) mass is 377 g/mol. The Morgan fingerprint density at radius 2 is 1.79 bits per heavy atom. The minimum atomic E-state index is -0.375. The Balaban J connectivity index is 1.57. The highest BCUT2D eigenvalue weighted by atomic mass is 16.2. The summed E-state index contributed by atoms with van der Waals surface area (Å²) in [5.41, 5.74) is 3.05. The van der Waals surface area contributed by atoms with Crippen LogP contribution in [-0.4, -0.2) is 51.5 Å². The average molecular weight is 377 g/mol. The molecule has 144 valence electrons. The fraction of sp³-hybridized carbons (Fsp3) is 0.333. The standard InChI is InChI=1S/C21H23N5O2/c1-3-26-19-17(5-4-10-22-19)23-18(21(26)28)20(27)25-13-11-24(12-14-25)16-8-6-15(2)7-9-16/h4-10H,3,11-14H2,1-2H3. The number of rotatable bonds is 3. The molecule has 3 aromatic rings. The first-order chi connectivity index (χ1) is 13.6. The smallest absolute Gasteiger partial charge is 0.283 e. The van der Waals surface area contributed by atoms with Crippen molar-refractivity contribution in [1.29, 1.82) is 0 Å². The van der Waals surface area contributed by atoms with Crippen LogP contribution in [0.1, 0.15) is 23.0 Å². The third-order valence-electron chi connectivity index (χ3n) is 5.19. The van der Waals surface area contributed by atoms with Crippen molar-refractivity contribution >= 4 is 22.8 Å². The van der Waals surface area contributed by atoms with E-state index in [1.165, 1.54) is 10.1 Å². The number of hydrogen-bond donors (Lipinski definition) is 0. The number of carbonyl (C=O) groups is 1. The van der Waals surface area contributed by atoms with Crippen LogP contribution in [0.25, 0.3) is 11.2 Å². The molecule has 1 aliphatic heterocycles. The number of pyridine rings is 1. The highest BCUT2D eigenvalue weighted by Crippen LogP contribution is 2.18. The van der Waals surface area contributed by atoms with E-state index in [2.05, 4.69) is 46.1 Å². The van der Waals surface area contributed by atoms with Gasteiger partial charge in [0.1, 0.15) is 5.52 Å². The first-order valence-corrected chi connectivity index (χ1v) is 9.55. The quantitative estimate of drug-likeness (QED) is 0.699. The number of piperazine rings is 1. The van der Waals surface area contributed by atoms with Gasteiger partial charge >= 0.3 is 0 Å². The van der Waals surface area contributed by atoms with Gasteiger partial charge in [-0.1, -0.05) is 17.7 Å². The van der Waals surface area contributed by atoms with E-state index in [1.807, 2.05) is 6.92 Å². The van der Waals surface area contributed by atoms with Crippen LogP contribution < -0.4 is 10.5 Å². The second-order valence-corrected chi connectivity index (χ2v) is 6.97. The highest BCUT2D eigenvalue weighted by molar-refractivity contribution is 5.93. The van der Waals surface area contributed by atoms with Gasteiger partial charge in [-0.3, -0.25) is 14.2 Å². The second kappa shape index (κ2) is 7.42. The maximum Gasteiger partial charge on any atom is 0.283 e. The molecule has 0 bridgehead atoms. The van der Waals surface area contributed by atoms with E-state index in [4.69, 9.17) is 0 Å². The lowest BCUT2D eigenvalue weighted by atomic mass is 10.2. The van der Waals surface area contributed by atoms with Crippen molar-refractivity contribution in [2.24, 2.45) is 0 Å². The lowest BCUT2D eigenvalue weighted by molar-refractivity contribution is 0.0738. The summed E-state index contributed by atoms with van der Waals surface area (Å²) in [6.07, 6.45) is 1.63. The molecule has 3 heterocycles. The fourth-order valence-electron chi connectivity index (χ4n) is 3.58. The van der Waals surface area contributed by atoms with Crippen LogP contribution in [0.4, 0.5) is 5.69 Å². The molecule has 0 spiro atoms. The number of nitrogens with zero attached hydrogens (tertiary/aromatic N) is 5. The van der Waals surface area contributed by atoms with E-state index in [0.717, 1.165) is 18.8 Å². The Morgan fingerprint density at radius 3 is 2.46 bits per heavy atom. The van der Waals surface area contributed by atoms with Crippen molar-refractivity contribution < 1.29 is 4.79 Å². The van der Waals surface area contributed by atoms with Crippen LogP contribution in [0, 0.1) is 6.92 Å². The highest BCUT2D eigenvalue weighted by Gasteiger charge is 2.26. The molecule has 0 aliphatic carbocycles. The summed E-state index contributed by atoms with van der Waals surface area (Å²) >= 11 is 0. The minimum Gasteiger partial charge on any atom is -0.368 e. The van der Waals surface area contributed by atoms with E-state index >= 15 is 0 Å². The number of aryl methyl sites for hydroxylation is 2. The zero-order chi connectivity index (χ0) is 19.7. The Labute approximate surface area is 163 Å². The van der Waals surface area contributed by atoms with E-state index in [9.17, 15) is 9.59 Å². The molecular weight excluding hydrogens is 354 g/mol. The Morgan fingerprint density at radius 1 is 1.07 bits per heavy atom. The lowest BCUT2D eigenvalue weighted by Gasteiger charge is -2.36. The zero-order valence-electron chi connectivity index (χ0n) is 16.1. The molecule has 28 heavy (non-hydrogen) atoms. The molecule has 1 fully saturated rings. The number of anilines is 1. The van der Waals surface area contributed by atoms with Crippen molar-refractivity contribution in [2.75, 3.05) is 31.1 Å². The zero-order valence-corrected chi connectivity index (χ0v) is 16.1. The van der Waals surface area contributed by atoms with Gasteiger partial charge in [0.15, 0.2) is 11.3 Å². The van der Waals surface area contributed by atoms with Crippen LogP contribution in [0.3, 0.4) is 0 Å². The van der Waals surface area contributed by atoms with Gasteiger partial charge < -0.3 is 9.80 Å². The van der Waals surface area contributed by atoms with Gasteiger partial charge in [0.25, 0.3) is 11.5 Å². The first kappa shape index (κ1) is 18.2. The Bertz CT molecular complexity index is 1070. The molecule has 7 heteroatoms. The summed E-state index contributed by atoms with van der Waals surface area (Å²) in [4.78, 5) is 38.4. The maximum atomic E-state index is 13.0. The third kappa shape index (κ3) is 3.24. The van der Waals surface area contributed by atoms with Crippen LogP contribution in [0.5, 0.6) is 0 Å². The molecule has 0 saturated carbocycles. The average Bonchev–Trinajstić information content (AvgIpc) is 2.73. The van der Waals surface area contributed by atoms with Crippen LogP contribution in [0.15, 0.2) is 47.4 Å². The fourth-order valence-corrected chi connectivity index (χ4v) is 3.58. The van der Waals surface area contributed by atoms with Gasteiger partial charge in [-0.25, -0.2) is 9.97 Å². The van der Waals surface area contributed by atoms with E-state index < -0.39 is 0 Å². The largest absolute Gasteiger partial charge is 0.368 e. The Hall–Kier alpha value is -3.22. The number of amides is 1. The number of carbonyl (C=O) groups excluding carboxylic acids is 1. The predicted octanol–water partition coefficient (Wildman–Crippen LogP) is 2.08. The normalized spacial score (nSPS) is 14.5. The third-order valence-corrected chi connectivity index (χ3v) is 5.19. The van der Waals surface area contributed by atoms with Crippen molar-refractivity contribution in [3.8, 4) is 0 Å². The first-order valence-electron chi connectivity index (χ1n) is 9.55. The molecule has 1 aromatic carbocycles. The molecular formula is C21H23N5O2. The molecule has 0 N–H and O–H groups in total. The molecule has 4 rings (SSSR count). The van der Waals surface area contributed by atoms with Crippen molar-refractivity contribution in [2.45, 2.75) is 20.4 Å². The summed E-state index contributed by atoms with van der Waals surface area (Å²) in [7, 11) is 0. The van der Waals surface area contributed by atoms with Crippen molar-refractivity contribution in [3.63, 3.8) is 0 Å². The summed E-state index contributed by atoms with van der Waals surface area (Å²) < 4.78 is 1.51. The number of benzene rings is 1. The predicted molar refractivity (Wildman–Crippen MR) is 109 cm³/mol. The van der Waals surface area contributed by atoms with Gasteiger partial charge in [-0.05, 0) is 38.1 Å². The summed E-state index contributed by atoms with van der Waals surface area (Å²) in [6.45, 7) is 6.95. The molecule has 1 saturated heterocycles. The SMILES string of the molecule is CCn1c(=O)c(C(=O)N2CCN(c3ccc(C)cc3)CC2)nc2cccnc21. The van der Waals surface area contributed by atoms with Gasteiger partial charge in [0.2, 0.25) is 0 Å². The maximum absolute atomic E-state index is 13.0. The van der Waals surface area contributed by atoms with E-state index in [0.29, 0.717) is 30.8 Å². The molecule has 1 aliphatic rings. The second-order valence-electron chi connectivity index (χ2n) is 6.97. The minimum absolute atomic E-state index is 0.0221. The van der Waals surface area contributed by atoms with E-state index in [1.54, 1.807) is 23.2 Å². The summed E-state index contributed by atoms with van der Waals surface area (Å²) in [6, 6.07) is 11.9. The van der Waals surface area contributed by atoms with E-state index in [-0.39, 0.29) is 17.2 Å². The van der Waals surface area contributed by atoms with Gasteiger partial charge in [0, 0.05) is 44.6 Å². The molecule has 7 nitrogen and oxygen atoms in total. The van der Waals surface area contributed by atoms with Gasteiger partial charge in [0.05, 0.1) is 0 Å². The topological polar surface area (TPSA) is 71.3 Å². The van der Waals surface area contributed by atoms with Crippen molar-refractivity contribution in [1.82, 2.24) is 19.4 Å². The summed E-state index contributed by atoms with van der Waals surface area (Å²) in [5, 5.41) is 0.